The van der Waals surface area contributed by atoms with Gasteiger partial charge in [-0.2, -0.15) is 0 Å². The van der Waals surface area contributed by atoms with Crippen molar-refractivity contribution in [2.45, 2.75) is 104 Å². The molecule has 6 heteroatoms. The molecule has 4 aliphatic carbocycles. The molecule has 5 N–H and O–H groups in total. The van der Waals surface area contributed by atoms with Crippen LogP contribution in [0.2, 0.25) is 0 Å². The van der Waals surface area contributed by atoms with E-state index in [1.807, 2.05) is 5.48 Å². The number of amides is 1. The van der Waals surface area contributed by atoms with Gasteiger partial charge < -0.3 is 15.5 Å². The Bertz CT molecular complexity index is 756. The summed E-state index contributed by atoms with van der Waals surface area (Å²) in [7, 11) is 0. The number of allylic oxidation sites excluding steroid dienone is 1. The van der Waals surface area contributed by atoms with Gasteiger partial charge in [0, 0.05) is 18.3 Å². The average Bonchev–Trinajstić information content (AvgIpc) is 3.10. The van der Waals surface area contributed by atoms with Crippen molar-refractivity contribution in [2.24, 2.45) is 46.3 Å². The summed E-state index contributed by atoms with van der Waals surface area (Å²) in [5, 5.41) is 33.2. The molecule has 6 nitrogen and oxygen atoms in total. The molecule has 0 spiro atoms. The molecule has 4 fully saturated rings. The topological polar surface area (TPSA) is 102 Å². The van der Waals surface area contributed by atoms with Crippen LogP contribution in [0.25, 0.3) is 0 Å². The number of aliphatic hydroxyl groups is 2. The van der Waals surface area contributed by atoms with E-state index < -0.39 is 0 Å². The maximum atomic E-state index is 12.3. The van der Waals surface area contributed by atoms with Crippen LogP contribution in [-0.2, 0) is 4.79 Å². The fourth-order valence-corrected chi connectivity index (χ4v) is 9.15. The molecule has 0 unspecified atom stereocenters. The number of hydrogen-bond donors (Lipinski definition) is 5. The molecule has 4 saturated carbocycles. The van der Waals surface area contributed by atoms with Gasteiger partial charge in [0.2, 0.25) is 5.91 Å². The molecule has 0 bridgehead atoms. The van der Waals surface area contributed by atoms with Crippen molar-refractivity contribution < 1.29 is 20.2 Å². The second-order valence-electron chi connectivity index (χ2n) is 12.5. The number of carbonyl (C=O) groups excluding carboxylic acids is 1. The lowest BCUT2D eigenvalue weighted by molar-refractivity contribution is -0.174. The predicted molar refractivity (Wildman–Crippen MR) is 128 cm³/mol. The molecule has 0 heterocycles. The Morgan fingerprint density at radius 1 is 1.06 bits per heavy atom. The first-order chi connectivity index (χ1) is 15.6. The molecule has 33 heavy (non-hydrogen) atoms. The summed E-state index contributed by atoms with van der Waals surface area (Å²) < 4.78 is 0. The van der Waals surface area contributed by atoms with Gasteiger partial charge in [-0.05, 0) is 111 Å². The number of rotatable bonds is 6. The largest absolute Gasteiger partial charge is 0.393 e. The van der Waals surface area contributed by atoms with Crippen molar-refractivity contribution in [3.05, 3.63) is 11.9 Å². The van der Waals surface area contributed by atoms with E-state index in [0.29, 0.717) is 47.6 Å². The number of hydrogen-bond acceptors (Lipinski definition) is 5. The Morgan fingerprint density at radius 3 is 2.48 bits per heavy atom. The van der Waals surface area contributed by atoms with Gasteiger partial charge in [-0.3, -0.25) is 15.5 Å². The Labute approximate surface area is 199 Å². The molecular formula is C27H46N2O4. The molecule has 1 amide bonds. The summed E-state index contributed by atoms with van der Waals surface area (Å²) >= 11 is 0. The van der Waals surface area contributed by atoms with Crippen molar-refractivity contribution in [1.29, 1.82) is 0 Å². The van der Waals surface area contributed by atoms with Crippen LogP contribution in [0.5, 0.6) is 0 Å². The number of fused-ring (bicyclic) bond motifs is 5. The molecule has 4 aliphatic rings. The lowest BCUT2D eigenvalue weighted by atomic mass is 9.43. The molecule has 0 aliphatic heterocycles. The highest BCUT2D eigenvalue weighted by Crippen LogP contribution is 2.68. The van der Waals surface area contributed by atoms with Gasteiger partial charge >= 0.3 is 0 Å². The maximum absolute atomic E-state index is 12.3. The second-order valence-corrected chi connectivity index (χ2v) is 12.5. The summed E-state index contributed by atoms with van der Waals surface area (Å²) in [6, 6.07) is 0. The quantitative estimate of drug-likeness (QED) is 0.378. The minimum atomic E-state index is -0.238. The normalized spacial score (nSPS) is 46.0. The minimum absolute atomic E-state index is 0.00425. The van der Waals surface area contributed by atoms with Gasteiger partial charge in [-0.25, -0.2) is 0 Å². The van der Waals surface area contributed by atoms with Crippen molar-refractivity contribution in [3.63, 3.8) is 0 Å². The zero-order valence-corrected chi connectivity index (χ0v) is 21.0. The summed E-state index contributed by atoms with van der Waals surface area (Å²) in [5.74, 6) is 3.05. The van der Waals surface area contributed by atoms with Crippen molar-refractivity contribution in [1.82, 2.24) is 10.8 Å². The van der Waals surface area contributed by atoms with Crippen LogP contribution in [0.3, 0.4) is 0 Å². The number of nitrogens with one attached hydrogen (secondary N) is 2. The SMILES string of the molecule is C/C(=C/NO)NC(=O)CC[C@@H](C)[C@H]1CC[C@H]2[C@@H]3[C@H](O)C[C@@H]4C[C@H](O)CC[C@]4(C)[C@H]3CC[C@]12C. The fraction of sp³-hybridized carbons (Fsp3) is 0.889. The Balaban J connectivity index is 1.43. The van der Waals surface area contributed by atoms with E-state index in [4.69, 9.17) is 5.21 Å². The van der Waals surface area contributed by atoms with Crippen LogP contribution >= 0.6 is 0 Å². The lowest BCUT2D eigenvalue weighted by Gasteiger charge is -2.62. The van der Waals surface area contributed by atoms with Crippen LogP contribution in [-0.4, -0.2) is 33.5 Å². The maximum Gasteiger partial charge on any atom is 0.224 e. The third kappa shape index (κ3) is 4.48. The Morgan fingerprint density at radius 2 is 1.76 bits per heavy atom. The van der Waals surface area contributed by atoms with Gasteiger partial charge in [0.25, 0.3) is 0 Å². The van der Waals surface area contributed by atoms with Crippen LogP contribution < -0.4 is 10.8 Å². The highest BCUT2D eigenvalue weighted by Gasteiger charge is 2.62. The van der Waals surface area contributed by atoms with E-state index in [9.17, 15) is 15.0 Å². The summed E-state index contributed by atoms with van der Waals surface area (Å²) in [6.45, 7) is 9.01. The molecular weight excluding hydrogens is 416 g/mol. The van der Waals surface area contributed by atoms with Gasteiger partial charge in [0.1, 0.15) is 0 Å². The first kappa shape index (κ1) is 25.0. The first-order valence-electron chi connectivity index (χ1n) is 13.3. The van der Waals surface area contributed by atoms with Crippen LogP contribution in [0.15, 0.2) is 11.9 Å². The highest BCUT2D eigenvalue weighted by atomic mass is 16.5. The number of aliphatic hydroxyl groups excluding tert-OH is 2. The Kier molecular flexibility index (Phi) is 7.20. The standard InChI is InChI=1S/C27H46N2O4/c1-16(5-8-24(32)29-17(2)15-28-33)20-6-7-21-25-22(10-12-27(20,21)4)26(3)11-9-19(30)13-18(26)14-23(25)31/h15-16,18-23,25,28,30-31,33H,5-14H2,1-4H3,(H,29,32)/b17-15-/t16-,18+,19-,20-,21+,22+,23-,25+,26+,27-/m1/s1. The van der Waals surface area contributed by atoms with Crippen molar-refractivity contribution in [3.8, 4) is 0 Å². The third-order valence-electron chi connectivity index (χ3n) is 10.9. The monoisotopic (exact) mass is 462 g/mol. The average molecular weight is 463 g/mol. The summed E-state index contributed by atoms with van der Waals surface area (Å²) in [4.78, 5) is 12.3. The first-order valence-corrected chi connectivity index (χ1v) is 13.3. The molecule has 0 aromatic rings. The van der Waals surface area contributed by atoms with Gasteiger partial charge in [-0.15, -0.1) is 0 Å². The molecule has 188 valence electrons. The van der Waals surface area contributed by atoms with E-state index in [2.05, 4.69) is 26.1 Å². The van der Waals surface area contributed by atoms with E-state index in [-0.39, 0.29) is 28.9 Å². The smallest absolute Gasteiger partial charge is 0.224 e. The van der Waals surface area contributed by atoms with Crippen LogP contribution in [0.4, 0.5) is 0 Å². The lowest BCUT2D eigenvalue weighted by Crippen LogP contribution is -2.58. The van der Waals surface area contributed by atoms with E-state index >= 15 is 0 Å². The van der Waals surface area contributed by atoms with E-state index in [1.165, 1.54) is 31.9 Å². The molecule has 10 atom stereocenters. The zero-order chi connectivity index (χ0) is 24.0. The summed E-state index contributed by atoms with van der Waals surface area (Å²) in [5.41, 5.74) is 3.07. The highest BCUT2D eigenvalue weighted by molar-refractivity contribution is 5.77. The zero-order valence-electron chi connectivity index (χ0n) is 21.0. The molecule has 0 aromatic heterocycles. The predicted octanol–water partition coefficient (Wildman–Crippen LogP) is 4.35. The van der Waals surface area contributed by atoms with Gasteiger partial charge in [0.05, 0.1) is 12.2 Å². The third-order valence-corrected chi connectivity index (χ3v) is 10.9. The van der Waals surface area contributed by atoms with Crippen molar-refractivity contribution in [2.75, 3.05) is 0 Å². The van der Waals surface area contributed by atoms with Gasteiger partial charge in [-0.1, -0.05) is 20.8 Å². The second kappa shape index (κ2) is 9.50. The minimum Gasteiger partial charge on any atom is -0.393 e. The van der Waals surface area contributed by atoms with Crippen molar-refractivity contribution >= 4 is 5.91 Å². The molecule has 4 rings (SSSR count). The van der Waals surface area contributed by atoms with Crippen LogP contribution in [0, 0.1) is 46.3 Å². The molecule has 0 radical (unpaired) electrons. The molecule has 0 aromatic carbocycles. The summed E-state index contributed by atoms with van der Waals surface area (Å²) in [6.07, 6.45) is 10.9. The van der Waals surface area contributed by atoms with Gasteiger partial charge in [0.15, 0.2) is 0 Å². The Hall–Kier alpha value is -1.11. The number of carbonyl (C=O) groups is 1. The number of hydroxylamine groups is 1. The van der Waals surface area contributed by atoms with E-state index in [1.54, 1.807) is 6.92 Å². The fourth-order valence-electron chi connectivity index (χ4n) is 9.15. The van der Waals surface area contributed by atoms with E-state index in [0.717, 1.165) is 32.1 Å². The van der Waals surface area contributed by atoms with Crippen LogP contribution in [0.1, 0.15) is 91.9 Å². The molecule has 0 saturated heterocycles.